The van der Waals surface area contributed by atoms with E-state index in [2.05, 4.69) is 15.6 Å². The number of aryl methyl sites for hydroxylation is 1. The van der Waals surface area contributed by atoms with E-state index in [4.69, 9.17) is 5.73 Å². The number of nitrogens with zero attached hydrogens (tertiary/aromatic N) is 2. The van der Waals surface area contributed by atoms with Gasteiger partial charge in [-0.05, 0) is 36.8 Å². The van der Waals surface area contributed by atoms with Crippen molar-refractivity contribution in [2.45, 2.75) is 13.5 Å². The molecule has 166 valence electrons. The quantitative estimate of drug-likeness (QED) is 0.406. The summed E-state index contributed by atoms with van der Waals surface area (Å²) < 4.78 is 1.16. The number of thiophene rings is 1. The zero-order valence-corrected chi connectivity index (χ0v) is 18.3. The number of nitrogens with one attached hydrogen (secondary N) is 2. The maximum absolute atomic E-state index is 13.1. The first-order valence-electron chi connectivity index (χ1n) is 9.88. The Bertz CT molecular complexity index is 1440. The molecule has 0 bridgehead atoms. The molecule has 4 rings (SSSR count). The van der Waals surface area contributed by atoms with Gasteiger partial charge in [0.05, 0.1) is 27.8 Å². The summed E-state index contributed by atoms with van der Waals surface area (Å²) in [6, 6.07) is 15.3. The van der Waals surface area contributed by atoms with Crippen molar-refractivity contribution in [3.05, 3.63) is 87.3 Å². The summed E-state index contributed by atoms with van der Waals surface area (Å²) in [5, 5.41) is 5.68. The van der Waals surface area contributed by atoms with Gasteiger partial charge in [0.15, 0.2) is 0 Å². The number of rotatable bonds is 6. The first-order valence-corrected chi connectivity index (χ1v) is 10.7. The smallest absolute Gasteiger partial charge is 0.266 e. The van der Waals surface area contributed by atoms with E-state index in [0.717, 1.165) is 15.9 Å². The van der Waals surface area contributed by atoms with E-state index in [1.165, 1.54) is 12.4 Å². The number of fused-ring (bicyclic) bond motifs is 1. The third-order valence-corrected chi connectivity index (χ3v) is 6.13. The second kappa shape index (κ2) is 9.05. The van der Waals surface area contributed by atoms with Gasteiger partial charge in [-0.2, -0.15) is 0 Å². The van der Waals surface area contributed by atoms with Crippen LogP contribution in [0.2, 0.25) is 0 Å². The van der Waals surface area contributed by atoms with E-state index in [0.29, 0.717) is 21.0 Å². The van der Waals surface area contributed by atoms with Crippen LogP contribution in [-0.4, -0.2) is 27.3 Å². The molecule has 10 heteroatoms. The fourth-order valence-electron chi connectivity index (χ4n) is 3.35. The number of primary amides is 1. The number of para-hydroxylation sites is 2. The summed E-state index contributed by atoms with van der Waals surface area (Å²) in [6.07, 6.45) is 1.26. The van der Waals surface area contributed by atoms with Crippen molar-refractivity contribution in [1.29, 1.82) is 0 Å². The molecule has 33 heavy (non-hydrogen) atoms. The Labute approximate surface area is 191 Å². The van der Waals surface area contributed by atoms with Crippen molar-refractivity contribution in [1.82, 2.24) is 9.55 Å². The number of hydrogen-bond donors (Lipinski definition) is 3. The fraction of sp³-hybridized carbons (Fsp3) is 0.0870. The Morgan fingerprint density at radius 1 is 1.03 bits per heavy atom. The number of hydrogen-bond acceptors (Lipinski definition) is 6. The van der Waals surface area contributed by atoms with Crippen molar-refractivity contribution in [2.24, 2.45) is 5.73 Å². The highest BCUT2D eigenvalue weighted by atomic mass is 32.1. The van der Waals surface area contributed by atoms with Crippen LogP contribution < -0.4 is 21.9 Å². The molecule has 3 amide bonds. The van der Waals surface area contributed by atoms with Gasteiger partial charge in [0.25, 0.3) is 17.4 Å². The van der Waals surface area contributed by atoms with Gasteiger partial charge >= 0.3 is 0 Å². The largest absolute Gasteiger partial charge is 0.366 e. The molecule has 0 saturated heterocycles. The lowest BCUT2D eigenvalue weighted by molar-refractivity contribution is -0.116. The monoisotopic (exact) mass is 461 g/mol. The molecule has 0 aliphatic rings. The van der Waals surface area contributed by atoms with Crippen molar-refractivity contribution < 1.29 is 14.4 Å². The zero-order chi connectivity index (χ0) is 23.5. The molecule has 4 N–H and O–H groups in total. The van der Waals surface area contributed by atoms with Gasteiger partial charge in [-0.3, -0.25) is 23.7 Å². The van der Waals surface area contributed by atoms with Crippen LogP contribution in [0.3, 0.4) is 0 Å². The molecule has 0 saturated carbocycles. The van der Waals surface area contributed by atoms with Gasteiger partial charge in [-0.1, -0.05) is 30.3 Å². The Hall–Kier alpha value is -4.31. The summed E-state index contributed by atoms with van der Waals surface area (Å²) in [5.41, 5.74) is 6.44. The molecule has 0 radical (unpaired) electrons. The van der Waals surface area contributed by atoms with E-state index in [1.807, 2.05) is 6.07 Å². The van der Waals surface area contributed by atoms with Gasteiger partial charge in [0.2, 0.25) is 5.91 Å². The van der Waals surface area contributed by atoms with E-state index >= 15 is 0 Å². The highest BCUT2D eigenvalue weighted by molar-refractivity contribution is 7.20. The van der Waals surface area contributed by atoms with Crippen LogP contribution >= 0.6 is 11.3 Å². The van der Waals surface area contributed by atoms with Gasteiger partial charge in [0.1, 0.15) is 11.4 Å². The summed E-state index contributed by atoms with van der Waals surface area (Å²) in [4.78, 5) is 54.9. The SMILES string of the molecule is Cc1c(C(=O)Nc2ccccc2)sc2ncn(CC(=O)Nc3ccccc3C(N)=O)c(=O)c12. The minimum absolute atomic E-state index is 0.162. The molecular weight excluding hydrogens is 442 g/mol. The van der Waals surface area contributed by atoms with Crippen LogP contribution in [0, 0.1) is 6.92 Å². The summed E-state index contributed by atoms with van der Waals surface area (Å²) in [7, 11) is 0. The summed E-state index contributed by atoms with van der Waals surface area (Å²) in [5.74, 6) is -1.54. The average Bonchev–Trinajstić information content (AvgIpc) is 3.14. The number of amides is 3. The van der Waals surface area contributed by atoms with Gasteiger partial charge in [0, 0.05) is 5.69 Å². The van der Waals surface area contributed by atoms with E-state index in [1.54, 1.807) is 49.4 Å². The Kier molecular flexibility index (Phi) is 6.01. The molecule has 2 heterocycles. The Morgan fingerprint density at radius 3 is 2.45 bits per heavy atom. The predicted molar refractivity (Wildman–Crippen MR) is 127 cm³/mol. The van der Waals surface area contributed by atoms with Crippen LogP contribution in [0.1, 0.15) is 25.6 Å². The number of carbonyl (C=O) groups is 3. The molecule has 2 aromatic carbocycles. The molecule has 0 atom stereocenters. The predicted octanol–water partition coefficient (Wildman–Crippen LogP) is 2.76. The molecule has 9 nitrogen and oxygen atoms in total. The van der Waals surface area contributed by atoms with Gasteiger partial charge in [-0.15, -0.1) is 11.3 Å². The molecule has 2 aromatic heterocycles. The van der Waals surface area contributed by atoms with E-state index in [-0.39, 0.29) is 29.1 Å². The second-order valence-corrected chi connectivity index (χ2v) is 8.19. The van der Waals surface area contributed by atoms with Crippen molar-refractivity contribution in [3.63, 3.8) is 0 Å². The number of nitrogens with two attached hydrogens (primary N) is 1. The lowest BCUT2D eigenvalue weighted by Gasteiger charge is -2.10. The zero-order valence-electron chi connectivity index (χ0n) is 17.5. The maximum atomic E-state index is 13.1. The first kappa shape index (κ1) is 21.9. The van der Waals surface area contributed by atoms with Crippen molar-refractivity contribution >= 4 is 50.6 Å². The van der Waals surface area contributed by atoms with Crippen LogP contribution in [0.15, 0.2) is 65.7 Å². The Balaban J connectivity index is 1.59. The van der Waals surface area contributed by atoms with Gasteiger partial charge in [-0.25, -0.2) is 4.98 Å². The van der Waals surface area contributed by atoms with Crippen LogP contribution in [0.25, 0.3) is 10.2 Å². The van der Waals surface area contributed by atoms with Crippen molar-refractivity contribution in [2.75, 3.05) is 10.6 Å². The average molecular weight is 462 g/mol. The standard InChI is InChI=1S/C23H19N5O4S/c1-13-18-22(33-19(13)21(31)26-14-7-3-2-4-8-14)25-12-28(23(18)32)11-17(29)27-16-10-6-5-9-15(16)20(24)30/h2-10,12H,11H2,1H3,(H2,24,30)(H,26,31)(H,27,29). The molecule has 0 aliphatic carbocycles. The van der Waals surface area contributed by atoms with Crippen LogP contribution in [0.5, 0.6) is 0 Å². The Morgan fingerprint density at radius 2 is 1.73 bits per heavy atom. The number of aromatic nitrogens is 2. The third-order valence-electron chi connectivity index (χ3n) is 4.94. The van der Waals surface area contributed by atoms with Gasteiger partial charge < -0.3 is 16.4 Å². The highest BCUT2D eigenvalue weighted by Crippen LogP contribution is 2.27. The topological polar surface area (TPSA) is 136 Å². The number of anilines is 2. The molecule has 0 unspecified atom stereocenters. The lowest BCUT2D eigenvalue weighted by atomic mass is 10.1. The lowest BCUT2D eigenvalue weighted by Crippen LogP contribution is -2.28. The number of carbonyl (C=O) groups excluding carboxylic acids is 3. The second-order valence-electron chi connectivity index (χ2n) is 7.19. The number of benzene rings is 2. The molecule has 4 aromatic rings. The molecule has 0 aliphatic heterocycles. The maximum Gasteiger partial charge on any atom is 0.266 e. The van der Waals surface area contributed by atoms with Crippen molar-refractivity contribution in [3.8, 4) is 0 Å². The first-order chi connectivity index (χ1) is 15.8. The fourth-order valence-corrected chi connectivity index (χ4v) is 4.38. The molecular formula is C23H19N5O4S. The van der Waals surface area contributed by atoms with E-state index in [9.17, 15) is 19.2 Å². The molecule has 0 spiro atoms. The van der Waals surface area contributed by atoms with Crippen LogP contribution in [0.4, 0.5) is 11.4 Å². The van der Waals surface area contributed by atoms with E-state index < -0.39 is 17.4 Å². The van der Waals surface area contributed by atoms with Crippen LogP contribution in [-0.2, 0) is 11.3 Å². The highest BCUT2D eigenvalue weighted by Gasteiger charge is 2.20. The normalized spacial score (nSPS) is 10.7. The molecule has 0 fully saturated rings. The summed E-state index contributed by atoms with van der Waals surface area (Å²) in [6.45, 7) is 1.35. The minimum atomic E-state index is -0.679. The third kappa shape index (κ3) is 4.51. The summed E-state index contributed by atoms with van der Waals surface area (Å²) >= 11 is 1.11. The minimum Gasteiger partial charge on any atom is -0.366 e.